The highest BCUT2D eigenvalue weighted by Crippen LogP contribution is 2.29. The van der Waals surface area contributed by atoms with Gasteiger partial charge in [-0.2, -0.15) is 0 Å². The predicted octanol–water partition coefficient (Wildman–Crippen LogP) is 2.09. The average molecular weight is 247 g/mol. The molecule has 0 bridgehead atoms. The number of benzene rings is 1. The molecule has 1 aromatic rings. The Morgan fingerprint density at radius 3 is 3.00 bits per heavy atom. The van der Waals surface area contributed by atoms with E-state index in [2.05, 4.69) is 0 Å². The van der Waals surface area contributed by atoms with Crippen LogP contribution in [0, 0.1) is 0 Å². The fourth-order valence-corrected chi connectivity index (χ4v) is 2.00. The first-order chi connectivity index (χ1) is 8.74. The van der Waals surface area contributed by atoms with Gasteiger partial charge in [0.05, 0.1) is 13.7 Å². The standard InChI is InChI=1S/C14H17NO3/c1-3-18-14(16)10-15-8-4-5-11-9-12(17-2)6-7-13(11)15/h4-7,9H,3,8,10H2,1-2H3. The number of anilines is 1. The third-order valence-corrected chi connectivity index (χ3v) is 2.82. The number of hydrogen-bond donors (Lipinski definition) is 0. The van der Waals surface area contributed by atoms with Crippen molar-refractivity contribution in [3.05, 3.63) is 29.8 Å². The lowest BCUT2D eigenvalue weighted by molar-refractivity contribution is -0.141. The van der Waals surface area contributed by atoms with E-state index in [1.807, 2.05) is 42.2 Å². The number of carbonyl (C=O) groups is 1. The molecule has 0 aromatic heterocycles. The molecule has 0 aliphatic carbocycles. The Balaban J connectivity index is 2.18. The van der Waals surface area contributed by atoms with Gasteiger partial charge < -0.3 is 14.4 Å². The van der Waals surface area contributed by atoms with E-state index in [0.717, 1.165) is 23.5 Å². The van der Waals surface area contributed by atoms with E-state index in [1.165, 1.54) is 0 Å². The van der Waals surface area contributed by atoms with E-state index in [0.29, 0.717) is 6.61 Å². The molecule has 18 heavy (non-hydrogen) atoms. The first kappa shape index (κ1) is 12.5. The number of ether oxygens (including phenoxy) is 2. The quantitative estimate of drug-likeness (QED) is 0.764. The summed E-state index contributed by atoms with van der Waals surface area (Å²) in [6.07, 6.45) is 4.07. The molecule has 1 aromatic carbocycles. The van der Waals surface area contributed by atoms with Gasteiger partial charge in [0.25, 0.3) is 0 Å². The van der Waals surface area contributed by atoms with E-state index in [1.54, 1.807) is 7.11 Å². The predicted molar refractivity (Wildman–Crippen MR) is 70.9 cm³/mol. The lowest BCUT2D eigenvalue weighted by atomic mass is 10.1. The summed E-state index contributed by atoms with van der Waals surface area (Å²) in [5, 5.41) is 0. The Bertz CT molecular complexity index is 468. The van der Waals surface area contributed by atoms with Gasteiger partial charge in [-0.1, -0.05) is 12.2 Å². The fourth-order valence-electron chi connectivity index (χ4n) is 2.00. The molecule has 1 heterocycles. The van der Waals surface area contributed by atoms with Crippen molar-refractivity contribution in [2.24, 2.45) is 0 Å². The van der Waals surface area contributed by atoms with E-state index >= 15 is 0 Å². The van der Waals surface area contributed by atoms with Gasteiger partial charge in [-0.15, -0.1) is 0 Å². The second-order valence-corrected chi connectivity index (χ2v) is 4.01. The van der Waals surface area contributed by atoms with E-state index in [4.69, 9.17) is 9.47 Å². The average Bonchev–Trinajstić information content (AvgIpc) is 2.38. The highest BCUT2D eigenvalue weighted by Gasteiger charge is 2.17. The minimum absolute atomic E-state index is 0.199. The SMILES string of the molecule is CCOC(=O)CN1CC=Cc2cc(OC)ccc21. The molecule has 2 rings (SSSR count). The molecular weight excluding hydrogens is 230 g/mol. The number of rotatable bonds is 4. The molecule has 96 valence electrons. The lowest BCUT2D eigenvalue weighted by Crippen LogP contribution is -2.32. The summed E-state index contributed by atoms with van der Waals surface area (Å²) >= 11 is 0. The molecule has 0 saturated carbocycles. The first-order valence-corrected chi connectivity index (χ1v) is 5.99. The van der Waals surface area contributed by atoms with Crippen molar-refractivity contribution in [2.45, 2.75) is 6.92 Å². The summed E-state index contributed by atoms with van der Waals surface area (Å²) in [6.45, 7) is 3.22. The van der Waals surface area contributed by atoms with Crippen molar-refractivity contribution in [1.29, 1.82) is 0 Å². The largest absolute Gasteiger partial charge is 0.497 e. The van der Waals surface area contributed by atoms with Crippen LogP contribution in [0.15, 0.2) is 24.3 Å². The third-order valence-electron chi connectivity index (χ3n) is 2.82. The second-order valence-electron chi connectivity index (χ2n) is 4.01. The molecular formula is C14H17NO3. The molecule has 4 heteroatoms. The van der Waals surface area contributed by atoms with Gasteiger partial charge in [-0.05, 0) is 25.1 Å². The van der Waals surface area contributed by atoms with Gasteiger partial charge in [-0.25, -0.2) is 0 Å². The monoisotopic (exact) mass is 247 g/mol. The summed E-state index contributed by atoms with van der Waals surface area (Å²) in [5.74, 6) is 0.617. The van der Waals surface area contributed by atoms with Crippen molar-refractivity contribution in [2.75, 3.05) is 31.7 Å². The van der Waals surface area contributed by atoms with Gasteiger partial charge in [0.15, 0.2) is 0 Å². The number of esters is 1. The molecule has 0 radical (unpaired) electrons. The Morgan fingerprint density at radius 2 is 2.28 bits per heavy atom. The molecule has 4 nitrogen and oxygen atoms in total. The maximum absolute atomic E-state index is 11.5. The van der Waals surface area contributed by atoms with Crippen molar-refractivity contribution < 1.29 is 14.3 Å². The molecule has 0 saturated heterocycles. The lowest BCUT2D eigenvalue weighted by Gasteiger charge is -2.27. The minimum Gasteiger partial charge on any atom is -0.497 e. The maximum Gasteiger partial charge on any atom is 0.325 e. The van der Waals surface area contributed by atoms with Crippen molar-refractivity contribution in [1.82, 2.24) is 0 Å². The number of methoxy groups -OCH3 is 1. The zero-order valence-electron chi connectivity index (χ0n) is 10.7. The van der Waals surface area contributed by atoms with Crippen LogP contribution < -0.4 is 9.64 Å². The Labute approximate surface area is 107 Å². The van der Waals surface area contributed by atoms with Gasteiger partial charge >= 0.3 is 5.97 Å². The number of carbonyl (C=O) groups excluding carboxylic acids is 1. The second kappa shape index (κ2) is 5.58. The van der Waals surface area contributed by atoms with Crippen LogP contribution >= 0.6 is 0 Å². The zero-order valence-corrected chi connectivity index (χ0v) is 10.7. The third kappa shape index (κ3) is 2.64. The Morgan fingerprint density at radius 1 is 1.44 bits per heavy atom. The van der Waals surface area contributed by atoms with Crippen LogP contribution in [0.25, 0.3) is 6.08 Å². The fraction of sp³-hybridized carbons (Fsp3) is 0.357. The van der Waals surface area contributed by atoms with Crippen LogP contribution in [0.3, 0.4) is 0 Å². The van der Waals surface area contributed by atoms with Gasteiger partial charge in [0.1, 0.15) is 12.3 Å². The van der Waals surface area contributed by atoms with Crippen molar-refractivity contribution in [3.8, 4) is 5.75 Å². The highest BCUT2D eigenvalue weighted by molar-refractivity contribution is 5.80. The van der Waals surface area contributed by atoms with Crippen LogP contribution in [0.2, 0.25) is 0 Å². The Hall–Kier alpha value is -1.97. The summed E-state index contributed by atoms with van der Waals surface area (Å²) < 4.78 is 10.2. The number of fused-ring (bicyclic) bond motifs is 1. The first-order valence-electron chi connectivity index (χ1n) is 5.99. The van der Waals surface area contributed by atoms with E-state index < -0.39 is 0 Å². The van der Waals surface area contributed by atoms with E-state index in [9.17, 15) is 4.79 Å². The smallest absolute Gasteiger partial charge is 0.325 e. The minimum atomic E-state index is -0.199. The molecule has 0 atom stereocenters. The summed E-state index contributed by atoms with van der Waals surface area (Å²) in [7, 11) is 1.64. The van der Waals surface area contributed by atoms with Crippen molar-refractivity contribution in [3.63, 3.8) is 0 Å². The molecule has 0 unspecified atom stereocenters. The molecule has 0 N–H and O–H groups in total. The molecule has 1 aliphatic heterocycles. The summed E-state index contributed by atoms with van der Waals surface area (Å²) in [6, 6.07) is 5.83. The highest BCUT2D eigenvalue weighted by atomic mass is 16.5. The van der Waals surface area contributed by atoms with Crippen LogP contribution in [0.1, 0.15) is 12.5 Å². The number of hydrogen-bond acceptors (Lipinski definition) is 4. The number of nitrogens with zero attached hydrogens (tertiary/aromatic N) is 1. The maximum atomic E-state index is 11.5. The molecule has 0 fully saturated rings. The van der Waals surface area contributed by atoms with Gasteiger partial charge in [0, 0.05) is 17.8 Å². The normalized spacial score (nSPS) is 13.1. The van der Waals surface area contributed by atoms with Crippen LogP contribution in [-0.2, 0) is 9.53 Å². The summed E-state index contributed by atoms with van der Waals surface area (Å²) in [4.78, 5) is 13.5. The van der Waals surface area contributed by atoms with Gasteiger partial charge in [-0.3, -0.25) is 4.79 Å². The zero-order chi connectivity index (χ0) is 13.0. The van der Waals surface area contributed by atoms with Gasteiger partial charge in [0.2, 0.25) is 0 Å². The molecule has 0 amide bonds. The topological polar surface area (TPSA) is 38.8 Å². The summed E-state index contributed by atoms with van der Waals surface area (Å²) in [5.41, 5.74) is 2.09. The molecule has 1 aliphatic rings. The van der Waals surface area contributed by atoms with Crippen LogP contribution in [0.4, 0.5) is 5.69 Å². The van der Waals surface area contributed by atoms with Crippen LogP contribution in [0.5, 0.6) is 5.75 Å². The van der Waals surface area contributed by atoms with Crippen LogP contribution in [-0.4, -0.2) is 32.8 Å². The Kier molecular flexibility index (Phi) is 3.87. The van der Waals surface area contributed by atoms with E-state index in [-0.39, 0.29) is 12.5 Å². The molecule has 0 spiro atoms. The van der Waals surface area contributed by atoms with Crippen molar-refractivity contribution >= 4 is 17.7 Å².